The summed E-state index contributed by atoms with van der Waals surface area (Å²) >= 11 is 1.71. The molecule has 5 heteroatoms. The zero-order valence-corrected chi connectivity index (χ0v) is 13.8. The number of hydrogen-bond donors (Lipinski definition) is 1. The lowest BCUT2D eigenvalue weighted by Gasteiger charge is -2.43. The molecule has 1 saturated heterocycles. The van der Waals surface area contributed by atoms with Gasteiger partial charge in [-0.3, -0.25) is 10.1 Å². The molecule has 2 unspecified atom stereocenters. The summed E-state index contributed by atoms with van der Waals surface area (Å²) in [6.45, 7) is 6.88. The fraction of sp³-hybridized carbons (Fsp3) is 0.688. The third-order valence-corrected chi connectivity index (χ3v) is 5.75. The summed E-state index contributed by atoms with van der Waals surface area (Å²) in [6.07, 6.45) is 3.08. The Morgan fingerprint density at radius 2 is 2.24 bits per heavy atom. The zero-order chi connectivity index (χ0) is 15.0. The van der Waals surface area contributed by atoms with Gasteiger partial charge in [0.1, 0.15) is 6.17 Å². The third kappa shape index (κ3) is 2.51. The Hall–Kier alpha value is -0.910. The van der Waals surface area contributed by atoms with Gasteiger partial charge in [0.05, 0.1) is 11.6 Å². The highest BCUT2D eigenvalue weighted by molar-refractivity contribution is 7.10. The lowest BCUT2D eigenvalue weighted by molar-refractivity contribution is -0.141. The molecular formula is C16H24N2O2S. The van der Waals surface area contributed by atoms with E-state index in [0.717, 1.165) is 25.9 Å². The fourth-order valence-electron chi connectivity index (χ4n) is 3.26. The Labute approximate surface area is 130 Å². The van der Waals surface area contributed by atoms with Crippen LogP contribution in [0, 0.1) is 0 Å². The highest BCUT2D eigenvalue weighted by atomic mass is 32.1. The number of amides is 1. The van der Waals surface area contributed by atoms with Gasteiger partial charge in [-0.25, -0.2) is 0 Å². The predicted molar refractivity (Wildman–Crippen MR) is 84.2 cm³/mol. The molecule has 1 aliphatic carbocycles. The molecule has 1 aromatic heterocycles. The zero-order valence-electron chi connectivity index (χ0n) is 13.0. The maximum Gasteiger partial charge on any atom is 0.244 e. The van der Waals surface area contributed by atoms with Crippen molar-refractivity contribution in [1.82, 2.24) is 10.2 Å². The van der Waals surface area contributed by atoms with E-state index in [1.807, 2.05) is 13.8 Å². The molecule has 2 atom stereocenters. The van der Waals surface area contributed by atoms with Crippen LogP contribution in [-0.4, -0.2) is 35.1 Å². The van der Waals surface area contributed by atoms with Gasteiger partial charge in [-0.1, -0.05) is 13.0 Å². The Morgan fingerprint density at radius 3 is 2.81 bits per heavy atom. The van der Waals surface area contributed by atoms with Crippen molar-refractivity contribution < 1.29 is 9.53 Å². The molecule has 4 nitrogen and oxygen atoms in total. The second-order valence-corrected chi connectivity index (χ2v) is 7.14. The van der Waals surface area contributed by atoms with Crippen LogP contribution in [0.3, 0.4) is 0 Å². The van der Waals surface area contributed by atoms with E-state index in [9.17, 15) is 4.79 Å². The van der Waals surface area contributed by atoms with Crippen molar-refractivity contribution in [1.29, 1.82) is 0 Å². The first-order valence-corrected chi connectivity index (χ1v) is 8.72. The van der Waals surface area contributed by atoms with Crippen molar-refractivity contribution in [3.63, 3.8) is 0 Å². The number of hydrogen-bond acceptors (Lipinski definition) is 4. The summed E-state index contributed by atoms with van der Waals surface area (Å²) in [7, 11) is 0. The third-order valence-electron chi connectivity index (χ3n) is 4.83. The SMILES string of the molecule is CCOC1CC(N2C(=O)C(C)(CC)NC2c2cccs2)C1. The van der Waals surface area contributed by atoms with Crippen LogP contribution in [0.25, 0.3) is 0 Å². The van der Waals surface area contributed by atoms with Gasteiger partial charge in [-0.05, 0) is 44.6 Å². The van der Waals surface area contributed by atoms with E-state index in [4.69, 9.17) is 4.74 Å². The minimum absolute atomic E-state index is 0.0232. The summed E-state index contributed by atoms with van der Waals surface area (Å²) < 4.78 is 5.65. The Balaban J connectivity index is 1.80. The molecule has 0 aromatic carbocycles. The topological polar surface area (TPSA) is 41.6 Å². The molecule has 2 fully saturated rings. The van der Waals surface area contributed by atoms with E-state index in [1.165, 1.54) is 4.88 Å². The normalized spacial score (nSPS) is 36.0. The summed E-state index contributed by atoms with van der Waals surface area (Å²) in [5, 5.41) is 5.64. The van der Waals surface area contributed by atoms with Gasteiger partial charge >= 0.3 is 0 Å². The number of ether oxygens (including phenoxy) is 1. The van der Waals surface area contributed by atoms with E-state index in [2.05, 4.69) is 34.7 Å². The number of nitrogens with one attached hydrogen (secondary N) is 1. The molecule has 0 bridgehead atoms. The van der Waals surface area contributed by atoms with Crippen molar-refractivity contribution in [3.8, 4) is 0 Å². The van der Waals surface area contributed by atoms with E-state index in [1.54, 1.807) is 11.3 Å². The van der Waals surface area contributed by atoms with E-state index < -0.39 is 5.54 Å². The fourth-order valence-corrected chi connectivity index (χ4v) is 4.03. The Kier molecular flexibility index (Phi) is 4.08. The minimum atomic E-state index is -0.439. The standard InChI is InChI=1S/C16H24N2O2S/c1-4-16(3)15(19)18(11-9-12(10-11)20-5-2)14(17-16)13-7-6-8-21-13/h6-8,11-12,14,17H,4-5,9-10H2,1-3H3. The van der Waals surface area contributed by atoms with Crippen LogP contribution in [0.5, 0.6) is 0 Å². The average molecular weight is 308 g/mol. The molecule has 1 aliphatic heterocycles. The summed E-state index contributed by atoms with van der Waals surface area (Å²) in [6, 6.07) is 4.47. The number of carbonyl (C=O) groups excluding carboxylic acids is 1. The number of carbonyl (C=O) groups is 1. The molecular weight excluding hydrogens is 284 g/mol. The molecule has 116 valence electrons. The first-order chi connectivity index (χ1) is 10.1. The molecule has 1 saturated carbocycles. The monoisotopic (exact) mass is 308 g/mol. The van der Waals surface area contributed by atoms with Gasteiger partial charge in [-0.2, -0.15) is 0 Å². The molecule has 1 aromatic rings. The van der Waals surface area contributed by atoms with Crippen LogP contribution in [-0.2, 0) is 9.53 Å². The molecule has 3 rings (SSSR count). The first kappa shape index (κ1) is 15.0. The molecule has 1 amide bonds. The van der Waals surface area contributed by atoms with Crippen molar-refractivity contribution >= 4 is 17.2 Å². The minimum Gasteiger partial charge on any atom is -0.378 e. The Bertz CT molecular complexity index is 498. The van der Waals surface area contributed by atoms with Crippen molar-refractivity contribution in [2.24, 2.45) is 0 Å². The molecule has 0 spiro atoms. The van der Waals surface area contributed by atoms with E-state index in [0.29, 0.717) is 12.1 Å². The van der Waals surface area contributed by atoms with Gasteiger partial charge in [0.15, 0.2) is 0 Å². The summed E-state index contributed by atoms with van der Waals surface area (Å²) in [5.41, 5.74) is -0.439. The average Bonchev–Trinajstić information content (AvgIpc) is 3.03. The maximum atomic E-state index is 12.9. The van der Waals surface area contributed by atoms with E-state index in [-0.39, 0.29) is 12.1 Å². The van der Waals surface area contributed by atoms with Crippen molar-refractivity contribution in [3.05, 3.63) is 22.4 Å². The quantitative estimate of drug-likeness (QED) is 0.909. The van der Waals surface area contributed by atoms with Crippen LogP contribution < -0.4 is 5.32 Å². The molecule has 0 radical (unpaired) electrons. The predicted octanol–water partition coefficient (Wildman–Crippen LogP) is 2.91. The number of nitrogens with zero attached hydrogens (tertiary/aromatic N) is 1. The van der Waals surface area contributed by atoms with Crippen LogP contribution in [0.2, 0.25) is 0 Å². The largest absolute Gasteiger partial charge is 0.378 e. The lowest BCUT2D eigenvalue weighted by Crippen LogP contribution is -2.51. The van der Waals surface area contributed by atoms with Gasteiger partial charge in [0.2, 0.25) is 5.91 Å². The molecule has 2 aliphatic rings. The van der Waals surface area contributed by atoms with Gasteiger partial charge in [-0.15, -0.1) is 11.3 Å². The molecule has 2 heterocycles. The number of thiophene rings is 1. The van der Waals surface area contributed by atoms with Gasteiger partial charge in [0, 0.05) is 17.5 Å². The van der Waals surface area contributed by atoms with Crippen LogP contribution in [0.15, 0.2) is 17.5 Å². The van der Waals surface area contributed by atoms with E-state index >= 15 is 0 Å². The highest BCUT2D eigenvalue weighted by Gasteiger charge is 2.52. The van der Waals surface area contributed by atoms with Gasteiger partial charge in [0.25, 0.3) is 0 Å². The second-order valence-electron chi connectivity index (χ2n) is 6.16. The van der Waals surface area contributed by atoms with Gasteiger partial charge < -0.3 is 9.64 Å². The number of rotatable bonds is 5. The van der Waals surface area contributed by atoms with Crippen molar-refractivity contribution in [2.75, 3.05) is 6.61 Å². The second kappa shape index (κ2) is 5.71. The maximum absolute atomic E-state index is 12.9. The van der Waals surface area contributed by atoms with Crippen LogP contribution in [0.1, 0.15) is 51.1 Å². The lowest BCUT2D eigenvalue weighted by atomic mass is 9.86. The van der Waals surface area contributed by atoms with Crippen LogP contribution in [0.4, 0.5) is 0 Å². The first-order valence-electron chi connectivity index (χ1n) is 7.84. The molecule has 1 N–H and O–H groups in total. The Morgan fingerprint density at radius 1 is 1.48 bits per heavy atom. The summed E-state index contributed by atoms with van der Waals surface area (Å²) in [5.74, 6) is 0.239. The molecule has 21 heavy (non-hydrogen) atoms. The van der Waals surface area contributed by atoms with Crippen molar-refractivity contribution in [2.45, 2.75) is 63.9 Å². The highest BCUT2D eigenvalue weighted by Crippen LogP contribution is 2.41. The summed E-state index contributed by atoms with van der Waals surface area (Å²) in [4.78, 5) is 16.2. The van der Waals surface area contributed by atoms with Crippen LogP contribution >= 0.6 is 11.3 Å². The smallest absolute Gasteiger partial charge is 0.244 e.